The van der Waals surface area contributed by atoms with E-state index < -0.39 is 0 Å². The Morgan fingerprint density at radius 1 is 1.43 bits per heavy atom. The minimum atomic E-state index is 0.0235. The van der Waals surface area contributed by atoms with Crippen LogP contribution in [0.5, 0.6) is 0 Å². The van der Waals surface area contributed by atoms with Crippen LogP contribution < -0.4 is 5.32 Å². The lowest BCUT2D eigenvalue weighted by Gasteiger charge is -2.12. The van der Waals surface area contributed by atoms with E-state index in [2.05, 4.69) is 27.4 Å². The molecule has 0 saturated carbocycles. The Bertz CT molecular complexity index is 640. The first-order chi connectivity index (χ1) is 10.0. The molecular weight excluding hydrogens is 286 g/mol. The van der Waals surface area contributed by atoms with E-state index in [9.17, 15) is 4.79 Å². The average molecular weight is 307 g/mol. The summed E-state index contributed by atoms with van der Waals surface area (Å²) in [6.45, 7) is 8.04. The maximum absolute atomic E-state index is 11.9. The molecule has 1 N–H and O–H groups in total. The molecule has 0 bridgehead atoms. The van der Waals surface area contributed by atoms with Gasteiger partial charge in [0.1, 0.15) is 0 Å². The first-order valence-electron chi connectivity index (χ1n) is 7.12. The number of carbonyl (C=O) groups excluding carboxylic acids is 1. The molecule has 2 aromatic heterocycles. The SMILES string of the molecule is CCC[C@H](C)NC(=O)CSc1nnc2nc(C)cc(C)n12. The van der Waals surface area contributed by atoms with Gasteiger partial charge in [-0.3, -0.25) is 9.20 Å². The maximum atomic E-state index is 11.9. The van der Waals surface area contributed by atoms with Crippen molar-refractivity contribution >= 4 is 23.4 Å². The van der Waals surface area contributed by atoms with Crippen LogP contribution in [0.15, 0.2) is 11.2 Å². The number of aromatic nitrogens is 4. The van der Waals surface area contributed by atoms with Crippen molar-refractivity contribution in [3.63, 3.8) is 0 Å². The lowest BCUT2D eigenvalue weighted by atomic mass is 10.2. The molecular formula is C14H21N5OS. The van der Waals surface area contributed by atoms with E-state index in [1.807, 2.05) is 31.2 Å². The van der Waals surface area contributed by atoms with Crippen molar-refractivity contribution < 1.29 is 4.79 Å². The van der Waals surface area contributed by atoms with Gasteiger partial charge in [-0.15, -0.1) is 10.2 Å². The van der Waals surface area contributed by atoms with Crippen molar-refractivity contribution in [3.8, 4) is 0 Å². The van der Waals surface area contributed by atoms with Crippen molar-refractivity contribution in [2.45, 2.75) is 51.7 Å². The normalized spacial score (nSPS) is 12.6. The predicted molar refractivity (Wildman–Crippen MR) is 83.5 cm³/mol. The fourth-order valence-electron chi connectivity index (χ4n) is 2.25. The summed E-state index contributed by atoms with van der Waals surface area (Å²) >= 11 is 1.38. The molecule has 1 amide bonds. The molecule has 0 aliphatic heterocycles. The van der Waals surface area contributed by atoms with Gasteiger partial charge in [0.05, 0.1) is 5.75 Å². The number of amides is 1. The van der Waals surface area contributed by atoms with Gasteiger partial charge in [0, 0.05) is 17.4 Å². The molecule has 0 aromatic carbocycles. The lowest BCUT2D eigenvalue weighted by molar-refractivity contribution is -0.119. The summed E-state index contributed by atoms with van der Waals surface area (Å²) in [4.78, 5) is 16.2. The molecule has 0 spiro atoms. The number of carbonyl (C=O) groups is 1. The highest BCUT2D eigenvalue weighted by molar-refractivity contribution is 7.99. The molecule has 0 radical (unpaired) electrons. The van der Waals surface area contributed by atoms with Gasteiger partial charge in [0.15, 0.2) is 5.16 Å². The highest BCUT2D eigenvalue weighted by atomic mass is 32.2. The smallest absolute Gasteiger partial charge is 0.256 e. The second kappa shape index (κ2) is 6.89. The summed E-state index contributed by atoms with van der Waals surface area (Å²) in [5.74, 6) is 0.938. The molecule has 0 aliphatic rings. The highest BCUT2D eigenvalue weighted by Crippen LogP contribution is 2.18. The Morgan fingerprint density at radius 3 is 2.90 bits per heavy atom. The molecule has 2 aromatic rings. The third-order valence-electron chi connectivity index (χ3n) is 3.12. The monoisotopic (exact) mass is 307 g/mol. The van der Waals surface area contributed by atoms with Gasteiger partial charge >= 0.3 is 0 Å². The second-order valence-electron chi connectivity index (χ2n) is 5.20. The van der Waals surface area contributed by atoms with E-state index in [1.165, 1.54) is 11.8 Å². The molecule has 21 heavy (non-hydrogen) atoms. The van der Waals surface area contributed by atoms with Crippen LogP contribution in [0.1, 0.15) is 38.1 Å². The van der Waals surface area contributed by atoms with Crippen LogP contribution in [0.2, 0.25) is 0 Å². The number of nitrogens with zero attached hydrogens (tertiary/aromatic N) is 4. The third kappa shape index (κ3) is 3.93. The summed E-state index contributed by atoms with van der Waals surface area (Å²) in [5, 5.41) is 11.9. The number of hydrogen-bond donors (Lipinski definition) is 1. The van der Waals surface area contributed by atoms with Crippen LogP contribution in [0.4, 0.5) is 0 Å². The van der Waals surface area contributed by atoms with E-state index in [0.717, 1.165) is 24.2 Å². The number of thioether (sulfide) groups is 1. The Balaban J connectivity index is 2.02. The van der Waals surface area contributed by atoms with Gasteiger partial charge in [-0.05, 0) is 33.3 Å². The van der Waals surface area contributed by atoms with Crippen LogP contribution in [-0.4, -0.2) is 37.3 Å². The summed E-state index contributed by atoms with van der Waals surface area (Å²) in [6.07, 6.45) is 2.06. The zero-order valence-electron chi connectivity index (χ0n) is 12.9. The Morgan fingerprint density at radius 2 is 2.19 bits per heavy atom. The Hall–Kier alpha value is -1.63. The zero-order valence-corrected chi connectivity index (χ0v) is 13.7. The fraction of sp³-hybridized carbons (Fsp3) is 0.571. The van der Waals surface area contributed by atoms with Crippen molar-refractivity contribution in [3.05, 3.63) is 17.5 Å². The minimum Gasteiger partial charge on any atom is -0.353 e. The summed E-state index contributed by atoms with van der Waals surface area (Å²) in [7, 11) is 0. The van der Waals surface area contributed by atoms with Gasteiger partial charge in [-0.25, -0.2) is 4.98 Å². The maximum Gasteiger partial charge on any atom is 0.256 e. The van der Waals surface area contributed by atoms with E-state index in [4.69, 9.17) is 0 Å². The van der Waals surface area contributed by atoms with Gasteiger partial charge in [-0.1, -0.05) is 25.1 Å². The van der Waals surface area contributed by atoms with E-state index in [1.54, 1.807) is 0 Å². The Labute approximate surface area is 128 Å². The fourth-order valence-corrected chi connectivity index (χ4v) is 3.04. The summed E-state index contributed by atoms with van der Waals surface area (Å²) in [6, 6.07) is 2.19. The number of nitrogens with one attached hydrogen (secondary N) is 1. The molecule has 6 nitrogen and oxygen atoms in total. The van der Waals surface area contributed by atoms with Gasteiger partial charge in [-0.2, -0.15) is 0 Å². The number of fused-ring (bicyclic) bond motifs is 1. The number of rotatable bonds is 6. The Kier molecular flexibility index (Phi) is 5.17. The molecule has 0 fully saturated rings. The quantitative estimate of drug-likeness (QED) is 0.828. The van der Waals surface area contributed by atoms with E-state index in [-0.39, 0.29) is 11.9 Å². The van der Waals surface area contributed by atoms with Gasteiger partial charge < -0.3 is 5.32 Å². The van der Waals surface area contributed by atoms with Crippen LogP contribution in [0.25, 0.3) is 5.78 Å². The van der Waals surface area contributed by atoms with Gasteiger partial charge in [0.2, 0.25) is 5.91 Å². The topological polar surface area (TPSA) is 72.2 Å². The molecule has 2 rings (SSSR count). The molecule has 0 aliphatic carbocycles. The van der Waals surface area contributed by atoms with Crippen LogP contribution in [-0.2, 0) is 4.79 Å². The molecule has 0 unspecified atom stereocenters. The minimum absolute atomic E-state index is 0.0235. The van der Waals surface area contributed by atoms with Crippen LogP contribution in [0, 0.1) is 13.8 Å². The van der Waals surface area contributed by atoms with Crippen molar-refractivity contribution in [1.29, 1.82) is 0 Å². The van der Waals surface area contributed by atoms with Crippen molar-refractivity contribution in [1.82, 2.24) is 24.9 Å². The molecule has 114 valence electrons. The first kappa shape index (κ1) is 15.8. The van der Waals surface area contributed by atoms with Crippen molar-refractivity contribution in [2.75, 3.05) is 5.75 Å². The summed E-state index contributed by atoms with van der Waals surface area (Å²) in [5.41, 5.74) is 1.93. The van der Waals surface area contributed by atoms with Crippen molar-refractivity contribution in [2.24, 2.45) is 0 Å². The largest absolute Gasteiger partial charge is 0.353 e. The molecule has 7 heteroatoms. The van der Waals surface area contributed by atoms with Crippen LogP contribution in [0.3, 0.4) is 0 Å². The highest BCUT2D eigenvalue weighted by Gasteiger charge is 2.13. The van der Waals surface area contributed by atoms with Crippen LogP contribution >= 0.6 is 11.8 Å². The number of hydrogen-bond acceptors (Lipinski definition) is 5. The first-order valence-corrected chi connectivity index (χ1v) is 8.11. The predicted octanol–water partition coefficient (Wildman–Crippen LogP) is 2.14. The van der Waals surface area contributed by atoms with E-state index >= 15 is 0 Å². The summed E-state index contributed by atoms with van der Waals surface area (Å²) < 4.78 is 1.88. The van der Waals surface area contributed by atoms with E-state index in [0.29, 0.717) is 16.7 Å². The standard InChI is InChI=1S/C14H21N5OS/c1-5-6-9(2)15-12(20)8-21-14-18-17-13-16-10(3)7-11(4)19(13)14/h7,9H,5-6,8H2,1-4H3,(H,15,20)/t9-/m0/s1. The third-order valence-corrected chi connectivity index (χ3v) is 4.05. The molecule has 1 atom stereocenters. The lowest BCUT2D eigenvalue weighted by Crippen LogP contribution is -2.33. The van der Waals surface area contributed by atoms with Gasteiger partial charge in [0.25, 0.3) is 5.78 Å². The molecule has 0 saturated heterocycles. The number of aryl methyl sites for hydroxylation is 2. The second-order valence-corrected chi connectivity index (χ2v) is 6.15. The zero-order chi connectivity index (χ0) is 15.4. The molecule has 2 heterocycles. The average Bonchev–Trinajstić information content (AvgIpc) is 2.79.